The lowest BCUT2D eigenvalue weighted by Gasteiger charge is -2.35. The summed E-state index contributed by atoms with van der Waals surface area (Å²) in [5, 5.41) is 5.17. The Balaban J connectivity index is 1.51. The normalized spacial score (nSPS) is 18.9. The maximum Gasteiger partial charge on any atom is 0.283 e. The van der Waals surface area contributed by atoms with Gasteiger partial charge in [-0.05, 0) is 78.8 Å². The van der Waals surface area contributed by atoms with Crippen LogP contribution in [0.3, 0.4) is 0 Å². The number of Topliss-reactive ketones (excluding diaryl/α,β-unsaturated/α-hetero) is 1. The molecule has 1 atom stereocenters. The monoisotopic (exact) mass is 542 g/mol. The molecule has 1 unspecified atom stereocenters. The van der Waals surface area contributed by atoms with Gasteiger partial charge in [-0.2, -0.15) is 17.6 Å². The van der Waals surface area contributed by atoms with Gasteiger partial charge in [-0.1, -0.05) is 42.8 Å². The van der Waals surface area contributed by atoms with E-state index < -0.39 is 10.0 Å². The van der Waals surface area contributed by atoms with Crippen molar-refractivity contribution in [2.75, 3.05) is 13.9 Å². The van der Waals surface area contributed by atoms with Crippen molar-refractivity contribution >= 4 is 37.9 Å². The predicted octanol–water partition coefficient (Wildman–Crippen LogP) is 5.79. The lowest BCUT2D eigenvalue weighted by atomic mass is 9.67. The molecule has 7 nitrogen and oxygen atoms in total. The van der Waals surface area contributed by atoms with Crippen molar-refractivity contribution < 1.29 is 22.7 Å². The summed E-state index contributed by atoms with van der Waals surface area (Å²) in [5.74, 6) is 0.803. The summed E-state index contributed by atoms with van der Waals surface area (Å²) >= 11 is 0. The number of ether oxygens (including phenoxy) is 2. The quantitative estimate of drug-likeness (QED) is 0.275. The van der Waals surface area contributed by atoms with Crippen LogP contribution in [0.2, 0.25) is 0 Å². The molecule has 0 bridgehead atoms. The van der Waals surface area contributed by atoms with E-state index in [1.54, 1.807) is 37.6 Å². The largest absolute Gasteiger partial charge is 0.468 e. The van der Waals surface area contributed by atoms with Gasteiger partial charge in [0.1, 0.15) is 5.75 Å². The van der Waals surface area contributed by atoms with Crippen LogP contribution >= 0.6 is 0 Å². The first-order valence-corrected chi connectivity index (χ1v) is 14.6. The number of aryl methyl sites for hydroxylation is 1. The minimum absolute atomic E-state index is 0.130. The molecular formula is C31H30N2O5S. The lowest BCUT2D eigenvalue weighted by Crippen LogP contribution is -2.27. The molecule has 0 saturated carbocycles. The Morgan fingerprint density at radius 1 is 1.03 bits per heavy atom. The number of benzene rings is 3. The van der Waals surface area contributed by atoms with Gasteiger partial charge in [-0.25, -0.2) is 0 Å². The molecule has 200 valence electrons. The van der Waals surface area contributed by atoms with Crippen LogP contribution in [0.4, 0.5) is 0 Å². The molecule has 4 aromatic rings. The summed E-state index contributed by atoms with van der Waals surface area (Å²) in [6.45, 7) is 4.24. The number of rotatable bonds is 7. The molecule has 0 aliphatic heterocycles. The molecular weight excluding hydrogens is 512 g/mol. The highest BCUT2D eigenvalue weighted by Crippen LogP contribution is 2.58. The molecule has 0 spiro atoms. The van der Waals surface area contributed by atoms with Crippen LogP contribution in [0.1, 0.15) is 48.4 Å². The van der Waals surface area contributed by atoms with Crippen molar-refractivity contribution in [3.63, 3.8) is 0 Å². The van der Waals surface area contributed by atoms with E-state index >= 15 is 0 Å². The second-order valence-electron chi connectivity index (χ2n) is 10.4. The lowest BCUT2D eigenvalue weighted by molar-refractivity contribution is -0.114. The maximum absolute atomic E-state index is 13.5. The summed E-state index contributed by atoms with van der Waals surface area (Å²) in [6, 6.07) is 18.2. The highest BCUT2D eigenvalue weighted by Gasteiger charge is 2.47. The van der Waals surface area contributed by atoms with Crippen LogP contribution < -0.4 is 4.74 Å². The third kappa shape index (κ3) is 4.01. The molecule has 0 radical (unpaired) electrons. The first-order valence-electron chi connectivity index (χ1n) is 13.1. The number of hydrogen-bond donors (Lipinski definition) is 0. The minimum Gasteiger partial charge on any atom is -0.468 e. The highest BCUT2D eigenvalue weighted by molar-refractivity contribution is 7.90. The number of carbonyl (C=O) groups excluding carboxylic acids is 1. The summed E-state index contributed by atoms with van der Waals surface area (Å²) in [5.41, 5.74) is 6.09. The van der Waals surface area contributed by atoms with Crippen molar-refractivity contribution in [2.24, 2.45) is 5.41 Å². The highest BCUT2D eigenvalue weighted by atomic mass is 32.2. The zero-order chi connectivity index (χ0) is 27.4. The van der Waals surface area contributed by atoms with Crippen molar-refractivity contribution in [1.29, 1.82) is 0 Å². The second kappa shape index (κ2) is 9.47. The summed E-state index contributed by atoms with van der Waals surface area (Å²) in [4.78, 5) is 13.6. The third-order valence-electron chi connectivity index (χ3n) is 8.22. The zero-order valence-electron chi connectivity index (χ0n) is 22.2. The molecule has 6 rings (SSSR count). The van der Waals surface area contributed by atoms with Gasteiger partial charge in [0, 0.05) is 29.9 Å². The van der Waals surface area contributed by atoms with Gasteiger partial charge in [0.15, 0.2) is 12.6 Å². The Hall–Kier alpha value is -3.75. The van der Waals surface area contributed by atoms with Crippen LogP contribution in [-0.4, -0.2) is 37.3 Å². The standard InChI is InChI=1S/C31H30N2O5S/c1-4-31-16-15-28(34)29(21-7-9-22(10-8-21)38-19-37-3)30(31)24-13-14-27-26(25(24)17-31)18-32-33(27)39(35,36)23-11-5-20(2)6-12-23/h5-14,18H,4,15-17,19H2,1-3H3. The fourth-order valence-corrected chi connectivity index (χ4v) is 7.40. The number of hydrogen-bond acceptors (Lipinski definition) is 6. The number of aromatic nitrogens is 2. The van der Waals surface area contributed by atoms with Crippen molar-refractivity contribution in [2.45, 2.75) is 44.4 Å². The third-order valence-corrected chi connectivity index (χ3v) is 9.83. The molecule has 2 aliphatic rings. The SMILES string of the molecule is CCC12CCC(=O)C(c3ccc(OCOC)cc3)=C1c1ccc3c(cnn3S(=O)(=O)c3ccc(C)cc3)c1C2. The van der Waals surface area contributed by atoms with Crippen LogP contribution in [0.15, 0.2) is 71.8 Å². The van der Waals surface area contributed by atoms with Gasteiger partial charge in [-0.15, -0.1) is 0 Å². The summed E-state index contributed by atoms with van der Waals surface area (Å²) in [6.07, 6.45) is 4.52. The molecule has 2 aliphatic carbocycles. The number of fused-ring (bicyclic) bond motifs is 5. The van der Waals surface area contributed by atoms with Gasteiger partial charge in [0.25, 0.3) is 10.0 Å². The van der Waals surface area contributed by atoms with Gasteiger partial charge >= 0.3 is 0 Å². The molecule has 0 fully saturated rings. The van der Waals surface area contributed by atoms with Crippen LogP contribution in [-0.2, 0) is 26.0 Å². The molecule has 0 N–H and O–H groups in total. The number of ketones is 1. The van der Waals surface area contributed by atoms with E-state index in [-0.39, 0.29) is 22.9 Å². The van der Waals surface area contributed by atoms with E-state index in [9.17, 15) is 13.2 Å². The molecule has 1 heterocycles. The maximum atomic E-state index is 13.5. The average Bonchev–Trinajstić information content (AvgIpc) is 3.53. The Morgan fingerprint density at radius 2 is 1.77 bits per heavy atom. The van der Waals surface area contributed by atoms with Gasteiger partial charge in [-0.3, -0.25) is 4.79 Å². The van der Waals surface area contributed by atoms with Crippen LogP contribution in [0.5, 0.6) is 5.75 Å². The smallest absolute Gasteiger partial charge is 0.283 e. The van der Waals surface area contributed by atoms with E-state index in [1.165, 1.54) is 0 Å². The Kier molecular flexibility index (Phi) is 6.19. The van der Waals surface area contributed by atoms with Crippen molar-refractivity contribution in [3.05, 3.63) is 89.1 Å². The van der Waals surface area contributed by atoms with Crippen LogP contribution in [0.25, 0.3) is 22.0 Å². The number of nitrogens with zero attached hydrogens (tertiary/aromatic N) is 2. The minimum atomic E-state index is -3.86. The molecule has 0 saturated heterocycles. The Morgan fingerprint density at radius 3 is 2.46 bits per heavy atom. The fourth-order valence-electron chi connectivity index (χ4n) is 6.13. The molecule has 1 aromatic heterocycles. The fraction of sp³-hybridized carbons (Fsp3) is 0.290. The summed E-state index contributed by atoms with van der Waals surface area (Å²) in [7, 11) is -2.29. The Bertz CT molecular complexity index is 1730. The Labute approximate surface area is 228 Å². The number of allylic oxidation sites excluding steroid dienone is 2. The van der Waals surface area contributed by atoms with Crippen molar-refractivity contribution in [1.82, 2.24) is 9.19 Å². The van der Waals surface area contributed by atoms with Gasteiger partial charge < -0.3 is 9.47 Å². The first kappa shape index (κ1) is 25.5. The molecule has 39 heavy (non-hydrogen) atoms. The van der Waals surface area contributed by atoms with E-state index in [4.69, 9.17) is 9.47 Å². The van der Waals surface area contributed by atoms with Crippen molar-refractivity contribution in [3.8, 4) is 5.75 Å². The van der Waals surface area contributed by atoms with E-state index in [2.05, 4.69) is 12.0 Å². The predicted molar refractivity (Wildman–Crippen MR) is 150 cm³/mol. The number of methoxy groups -OCH3 is 1. The number of carbonyl (C=O) groups is 1. The molecule has 0 amide bonds. The van der Waals surface area contributed by atoms with Crippen LogP contribution in [0, 0.1) is 12.3 Å². The molecule has 3 aromatic carbocycles. The first-order chi connectivity index (χ1) is 18.8. The van der Waals surface area contributed by atoms with E-state index in [0.29, 0.717) is 17.7 Å². The topological polar surface area (TPSA) is 87.5 Å². The van der Waals surface area contributed by atoms with E-state index in [1.807, 2.05) is 43.3 Å². The van der Waals surface area contributed by atoms with Gasteiger partial charge in [0.2, 0.25) is 0 Å². The van der Waals surface area contributed by atoms with E-state index in [0.717, 1.165) is 62.1 Å². The molecule has 8 heteroatoms. The zero-order valence-corrected chi connectivity index (χ0v) is 23.0. The average molecular weight is 543 g/mol. The second-order valence-corrected chi connectivity index (χ2v) is 12.2. The summed E-state index contributed by atoms with van der Waals surface area (Å²) < 4.78 is 38.6. The van der Waals surface area contributed by atoms with Gasteiger partial charge in [0.05, 0.1) is 16.6 Å².